The van der Waals surface area contributed by atoms with Gasteiger partial charge in [0, 0.05) is 16.1 Å². The van der Waals surface area contributed by atoms with Crippen molar-refractivity contribution < 1.29 is 14.3 Å². The summed E-state index contributed by atoms with van der Waals surface area (Å²) in [4.78, 5) is 25.9. The second kappa shape index (κ2) is 10.4. The molecule has 1 heterocycles. The third kappa shape index (κ3) is 7.18. The number of rotatable bonds is 5. The van der Waals surface area contributed by atoms with E-state index in [1.807, 2.05) is 0 Å². The lowest BCUT2D eigenvalue weighted by molar-refractivity contribution is -0.130. The van der Waals surface area contributed by atoms with Crippen LogP contribution in [0.1, 0.15) is 49.0 Å². The quantitative estimate of drug-likeness (QED) is 0.737. The van der Waals surface area contributed by atoms with Crippen LogP contribution in [0.15, 0.2) is 48.5 Å². The Hall–Kier alpha value is -2.37. The Balaban J connectivity index is 0.000000360. The van der Waals surface area contributed by atoms with E-state index in [4.69, 9.17) is 22.1 Å². The molecule has 2 N–H and O–H groups in total. The standard InChI is InChI=1S/C17H16ClNO3.C6H13N/c1-17(2,16(19)21)22-14-9-5-12(6-10-14)15(20)11-3-7-13(18)8-4-11;1-7-5-3-2-4-6-7/h3-10H,1-2H3,(H2,19,21);2-6H2,1H3. The number of benzene rings is 2. The van der Waals surface area contributed by atoms with Crippen LogP contribution in [0.5, 0.6) is 5.75 Å². The molecule has 0 atom stereocenters. The predicted octanol–water partition coefficient (Wildman–Crippen LogP) is 4.32. The van der Waals surface area contributed by atoms with Crippen molar-refractivity contribution in [2.45, 2.75) is 38.7 Å². The van der Waals surface area contributed by atoms with Crippen molar-refractivity contribution in [2.24, 2.45) is 5.73 Å². The first-order valence-electron chi connectivity index (χ1n) is 9.77. The summed E-state index contributed by atoms with van der Waals surface area (Å²) < 4.78 is 5.52. The molecule has 5 nitrogen and oxygen atoms in total. The van der Waals surface area contributed by atoms with Crippen LogP contribution >= 0.6 is 11.6 Å². The van der Waals surface area contributed by atoms with Gasteiger partial charge < -0.3 is 15.4 Å². The zero-order valence-electron chi connectivity index (χ0n) is 17.3. The number of nitrogens with two attached hydrogens (primary N) is 1. The minimum absolute atomic E-state index is 0.114. The van der Waals surface area contributed by atoms with Gasteiger partial charge in [0.15, 0.2) is 11.4 Å². The fourth-order valence-electron chi connectivity index (χ4n) is 2.84. The number of primary amides is 1. The molecule has 0 spiro atoms. The van der Waals surface area contributed by atoms with E-state index in [9.17, 15) is 9.59 Å². The maximum absolute atomic E-state index is 12.3. The summed E-state index contributed by atoms with van der Waals surface area (Å²) in [5, 5.41) is 0.578. The number of ketones is 1. The summed E-state index contributed by atoms with van der Waals surface area (Å²) in [6.07, 6.45) is 4.28. The lowest BCUT2D eigenvalue weighted by Gasteiger charge is -2.22. The van der Waals surface area contributed by atoms with Gasteiger partial charge in [-0.2, -0.15) is 0 Å². The van der Waals surface area contributed by atoms with Crippen molar-refractivity contribution in [1.82, 2.24) is 4.90 Å². The molecule has 0 aromatic heterocycles. The van der Waals surface area contributed by atoms with Crippen LogP contribution in [-0.4, -0.2) is 42.3 Å². The molecule has 0 saturated carbocycles. The van der Waals surface area contributed by atoms with Crippen molar-refractivity contribution in [3.8, 4) is 5.75 Å². The molecule has 2 aromatic carbocycles. The summed E-state index contributed by atoms with van der Waals surface area (Å²) in [5.74, 6) is -0.206. The van der Waals surface area contributed by atoms with Gasteiger partial charge in [0.1, 0.15) is 5.75 Å². The summed E-state index contributed by atoms with van der Waals surface area (Å²) in [5.41, 5.74) is 5.22. The third-order valence-corrected chi connectivity index (χ3v) is 5.02. The Morgan fingerprint density at radius 2 is 1.41 bits per heavy atom. The van der Waals surface area contributed by atoms with E-state index in [0.717, 1.165) is 0 Å². The zero-order chi connectivity index (χ0) is 21.4. The van der Waals surface area contributed by atoms with Gasteiger partial charge in [0.2, 0.25) is 0 Å². The number of piperidine rings is 1. The van der Waals surface area contributed by atoms with Gasteiger partial charge in [-0.05, 0) is 95.4 Å². The Kier molecular flexibility index (Phi) is 8.23. The highest BCUT2D eigenvalue weighted by molar-refractivity contribution is 6.30. The minimum Gasteiger partial charge on any atom is -0.478 e. The molecule has 1 fully saturated rings. The van der Waals surface area contributed by atoms with E-state index >= 15 is 0 Å². The van der Waals surface area contributed by atoms with Crippen molar-refractivity contribution in [3.63, 3.8) is 0 Å². The SMILES string of the molecule is CC(C)(Oc1ccc(C(=O)c2ccc(Cl)cc2)cc1)C(N)=O.CN1CCCCC1. The largest absolute Gasteiger partial charge is 0.478 e. The van der Waals surface area contributed by atoms with Gasteiger partial charge in [-0.25, -0.2) is 0 Å². The predicted molar refractivity (Wildman–Crippen MR) is 117 cm³/mol. The van der Waals surface area contributed by atoms with Crippen molar-refractivity contribution >= 4 is 23.3 Å². The Bertz CT molecular complexity index is 811. The van der Waals surface area contributed by atoms with Gasteiger partial charge in [-0.1, -0.05) is 18.0 Å². The smallest absolute Gasteiger partial charge is 0.261 e. The molecular weight excluding hydrogens is 388 g/mol. The number of likely N-dealkylation sites (tertiary alicyclic amines) is 1. The molecule has 2 aromatic rings. The van der Waals surface area contributed by atoms with E-state index < -0.39 is 11.5 Å². The van der Waals surface area contributed by atoms with Crippen LogP contribution in [-0.2, 0) is 4.79 Å². The maximum atomic E-state index is 12.3. The molecular formula is C23H29ClN2O3. The third-order valence-electron chi connectivity index (χ3n) is 4.77. The molecule has 1 saturated heterocycles. The Morgan fingerprint density at radius 1 is 0.931 bits per heavy atom. The molecule has 1 amide bonds. The average Bonchev–Trinajstić information content (AvgIpc) is 2.69. The molecule has 0 aliphatic carbocycles. The summed E-state index contributed by atoms with van der Waals surface area (Å²) in [7, 11) is 2.19. The van der Waals surface area contributed by atoms with Crippen molar-refractivity contribution in [2.75, 3.05) is 20.1 Å². The zero-order valence-corrected chi connectivity index (χ0v) is 18.0. The molecule has 1 aliphatic rings. The highest BCUT2D eigenvalue weighted by atomic mass is 35.5. The fourth-order valence-corrected chi connectivity index (χ4v) is 2.97. The Labute approximate surface area is 177 Å². The number of hydrogen-bond acceptors (Lipinski definition) is 4. The minimum atomic E-state index is -1.11. The van der Waals surface area contributed by atoms with Gasteiger partial charge in [-0.3, -0.25) is 9.59 Å². The number of ether oxygens (including phenoxy) is 1. The first-order valence-corrected chi connectivity index (χ1v) is 10.1. The Morgan fingerprint density at radius 3 is 1.83 bits per heavy atom. The van der Waals surface area contributed by atoms with Crippen LogP contribution in [0.2, 0.25) is 5.02 Å². The van der Waals surface area contributed by atoms with Crippen molar-refractivity contribution in [3.05, 3.63) is 64.7 Å². The second-order valence-corrected chi connectivity index (χ2v) is 8.14. The summed E-state index contributed by atoms with van der Waals surface area (Å²) >= 11 is 5.80. The van der Waals surface area contributed by atoms with Crippen LogP contribution in [0.25, 0.3) is 0 Å². The first kappa shape index (κ1) is 22.9. The fraction of sp³-hybridized carbons (Fsp3) is 0.391. The van der Waals surface area contributed by atoms with Crippen LogP contribution in [0.4, 0.5) is 0 Å². The molecule has 6 heteroatoms. The second-order valence-electron chi connectivity index (χ2n) is 7.70. The molecule has 0 bridgehead atoms. The molecule has 1 aliphatic heterocycles. The number of halogens is 1. The molecule has 0 unspecified atom stereocenters. The highest BCUT2D eigenvalue weighted by Crippen LogP contribution is 2.20. The van der Waals surface area contributed by atoms with Gasteiger partial charge in [-0.15, -0.1) is 0 Å². The molecule has 29 heavy (non-hydrogen) atoms. The van der Waals surface area contributed by atoms with E-state index in [2.05, 4.69) is 11.9 Å². The number of carbonyl (C=O) groups excluding carboxylic acids is 2. The summed E-state index contributed by atoms with van der Waals surface area (Å²) in [6, 6.07) is 13.2. The van der Waals surface area contributed by atoms with Crippen LogP contribution in [0, 0.1) is 0 Å². The van der Waals surface area contributed by atoms with E-state index in [1.165, 1.54) is 32.4 Å². The van der Waals surface area contributed by atoms with Gasteiger partial charge in [0.05, 0.1) is 0 Å². The first-order chi connectivity index (χ1) is 13.7. The highest BCUT2D eigenvalue weighted by Gasteiger charge is 2.27. The lowest BCUT2D eigenvalue weighted by Crippen LogP contribution is -2.43. The topological polar surface area (TPSA) is 72.6 Å². The summed E-state index contributed by atoms with van der Waals surface area (Å²) in [6.45, 7) is 5.81. The van der Waals surface area contributed by atoms with Crippen LogP contribution in [0.3, 0.4) is 0 Å². The lowest BCUT2D eigenvalue weighted by atomic mass is 10.0. The molecule has 0 radical (unpaired) electrons. The van der Waals surface area contributed by atoms with E-state index in [1.54, 1.807) is 62.4 Å². The van der Waals surface area contributed by atoms with Gasteiger partial charge in [0.25, 0.3) is 5.91 Å². The van der Waals surface area contributed by atoms with E-state index in [0.29, 0.717) is 21.9 Å². The van der Waals surface area contributed by atoms with Crippen molar-refractivity contribution in [1.29, 1.82) is 0 Å². The normalized spacial score (nSPS) is 14.5. The average molecular weight is 417 g/mol. The number of nitrogens with zero attached hydrogens (tertiary/aromatic N) is 1. The molecule has 156 valence electrons. The van der Waals surface area contributed by atoms with Crippen LogP contribution < -0.4 is 10.5 Å². The van der Waals surface area contributed by atoms with Gasteiger partial charge >= 0.3 is 0 Å². The molecule has 3 rings (SSSR count). The number of hydrogen-bond donors (Lipinski definition) is 1. The maximum Gasteiger partial charge on any atom is 0.261 e. The number of amides is 1. The van der Waals surface area contributed by atoms with E-state index in [-0.39, 0.29) is 5.78 Å². The number of carbonyl (C=O) groups is 2. The monoisotopic (exact) mass is 416 g/mol.